The number of hydrogen-bond acceptors (Lipinski definition) is 5. The van der Waals surface area contributed by atoms with Gasteiger partial charge in [-0.15, -0.1) is 11.3 Å². The summed E-state index contributed by atoms with van der Waals surface area (Å²) < 4.78 is 13.9. The number of aliphatic hydroxyl groups is 1. The molecular formula is C19H24FN3O2S. The van der Waals surface area contributed by atoms with E-state index in [-0.39, 0.29) is 24.8 Å². The smallest absolute Gasteiger partial charge is 0.256 e. The second kappa shape index (κ2) is 7.82. The van der Waals surface area contributed by atoms with Crippen LogP contribution < -0.4 is 0 Å². The van der Waals surface area contributed by atoms with E-state index in [2.05, 4.69) is 4.98 Å². The first-order valence-electron chi connectivity index (χ1n) is 8.72. The van der Waals surface area contributed by atoms with Crippen molar-refractivity contribution in [3.8, 4) is 0 Å². The van der Waals surface area contributed by atoms with Crippen LogP contribution in [0.2, 0.25) is 0 Å². The first kappa shape index (κ1) is 18.9. The maximum absolute atomic E-state index is 13.9. The van der Waals surface area contributed by atoms with Crippen molar-refractivity contribution in [1.82, 2.24) is 14.8 Å². The van der Waals surface area contributed by atoms with Crippen LogP contribution in [-0.4, -0.2) is 51.5 Å². The van der Waals surface area contributed by atoms with Gasteiger partial charge in [0, 0.05) is 37.1 Å². The molecule has 2 heterocycles. The second-order valence-corrected chi connectivity index (χ2v) is 8.05. The lowest BCUT2D eigenvalue weighted by molar-refractivity contribution is -0.160. The molecule has 0 spiro atoms. The van der Waals surface area contributed by atoms with Crippen LogP contribution in [0.1, 0.15) is 29.1 Å². The predicted molar refractivity (Wildman–Crippen MR) is 99.2 cm³/mol. The number of halogens is 1. The zero-order valence-electron chi connectivity index (χ0n) is 15.1. The van der Waals surface area contributed by atoms with Gasteiger partial charge in [-0.1, -0.05) is 18.2 Å². The fraction of sp³-hybridized carbons (Fsp3) is 0.474. The van der Waals surface area contributed by atoms with E-state index in [0.29, 0.717) is 31.5 Å². The maximum Gasteiger partial charge on any atom is 0.256 e. The van der Waals surface area contributed by atoms with Crippen LogP contribution in [0.5, 0.6) is 0 Å². The number of aryl methyl sites for hydroxylation is 1. The van der Waals surface area contributed by atoms with E-state index < -0.39 is 5.60 Å². The normalized spacial score (nSPS) is 20.8. The minimum Gasteiger partial charge on any atom is -0.379 e. The van der Waals surface area contributed by atoms with Crippen LogP contribution in [0.4, 0.5) is 4.39 Å². The number of benzene rings is 1. The van der Waals surface area contributed by atoms with E-state index in [0.717, 1.165) is 10.7 Å². The molecule has 1 saturated heterocycles. The van der Waals surface area contributed by atoms with Gasteiger partial charge < -0.3 is 10.0 Å². The Morgan fingerprint density at radius 3 is 2.88 bits per heavy atom. The minimum atomic E-state index is -1.44. The number of rotatable bonds is 6. The Labute approximate surface area is 157 Å². The van der Waals surface area contributed by atoms with Crippen LogP contribution in [0.3, 0.4) is 0 Å². The Kier molecular flexibility index (Phi) is 5.70. The molecule has 1 aliphatic rings. The van der Waals surface area contributed by atoms with Gasteiger partial charge in [-0.25, -0.2) is 9.37 Å². The molecule has 3 rings (SSSR count). The van der Waals surface area contributed by atoms with E-state index in [1.54, 1.807) is 34.4 Å². The van der Waals surface area contributed by atoms with Crippen molar-refractivity contribution < 1.29 is 14.3 Å². The van der Waals surface area contributed by atoms with Crippen LogP contribution in [0, 0.1) is 12.7 Å². The molecule has 1 N–H and O–H groups in total. The summed E-state index contributed by atoms with van der Waals surface area (Å²) in [4.78, 5) is 20.8. The van der Waals surface area contributed by atoms with Crippen molar-refractivity contribution in [2.45, 2.75) is 38.5 Å². The standard InChI is InChI=1S/C19H24FN3O2S/c1-14-21-16(12-26-14)11-22(2)13-19(25)8-5-9-23(18(19)24)10-15-6-3-4-7-17(15)20/h3-4,6-7,12,25H,5,8-11,13H2,1-2H3. The van der Waals surface area contributed by atoms with Crippen molar-refractivity contribution in [2.24, 2.45) is 0 Å². The number of carbonyl (C=O) groups is 1. The minimum absolute atomic E-state index is 0.183. The van der Waals surface area contributed by atoms with E-state index in [1.807, 2.05) is 24.3 Å². The molecule has 1 fully saturated rings. The van der Waals surface area contributed by atoms with Gasteiger partial charge in [-0.2, -0.15) is 0 Å². The van der Waals surface area contributed by atoms with Crippen molar-refractivity contribution in [2.75, 3.05) is 20.1 Å². The summed E-state index contributed by atoms with van der Waals surface area (Å²) in [6, 6.07) is 6.44. The van der Waals surface area contributed by atoms with Crippen molar-refractivity contribution >= 4 is 17.2 Å². The van der Waals surface area contributed by atoms with Gasteiger partial charge in [-0.05, 0) is 32.9 Å². The van der Waals surface area contributed by atoms with Crippen LogP contribution in [0.15, 0.2) is 29.6 Å². The van der Waals surface area contributed by atoms with Gasteiger partial charge in [-0.3, -0.25) is 9.69 Å². The SMILES string of the molecule is Cc1nc(CN(C)CC2(O)CCCN(Cc3ccccc3F)C2=O)cs1. The zero-order chi connectivity index (χ0) is 18.7. The van der Waals surface area contributed by atoms with Crippen molar-refractivity contribution in [1.29, 1.82) is 0 Å². The molecule has 0 radical (unpaired) electrons. The monoisotopic (exact) mass is 377 g/mol. The van der Waals surface area contributed by atoms with Crippen molar-refractivity contribution in [3.05, 3.63) is 51.7 Å². The zero-order valence-corrected chi connectivity index (χ0v) is 15.9. The Morgan fingerprint density at radius 2 is 2.19 bits per heavy atom. The van der Waals surface area contributed by atoms with Crippen LogP contribution >= 0.6 is 11.3 Å². The molecule has 5 nitrogen and oxygen atoms in total. The van der Waals surface area contributed by atoms with Gasteiger partial charge in [0.05, 0.1) is 10.7 Å². The molecule has 1 aromatic heterocycles. The van der Waals surface area contributed by atoms with Crippen LogP contribution in [0.25, 0.3) is 0 Å². The fourth-order valence-corrected chi connectivity index (χ4v) is 4.06. The number of nitrogens with zero attached hydrogens (tertiary/aromatic N) is 3. The summed E-state index contributed by atoms with van der Waals surface area (Å²) in [6.07, 6.45) is 1.11. The Balaban J connectivity index is 1.66. The molecule has 1 aliphatic heterocycles. The summed E-state index contributed by atoms with van der Waals surface area (Å²) in [7, 11) is 1.87. The Morgan fingerprint density at radius 1 is 1.42 bits per heavy atom. The van der Waals surface area contributed by atoms with Gasteiger partial charge in [0.15, 0.2) is 5.60 Å². The molecule has 0 bridgehead atoms. The van der Waals surface area contributed by atoms with E-state index in [4.69, 9.17) is 0 Å². The molecule has 7 heteroatoms. The number of likely N-dealkylation sites (tertiary alicyclic amines) is 1. The molecule has 2 aromatic rings. The van der Waals surface area contributed by atoms with E-state index in [1.165, 1.54) is 6.07 Å². The molecule has 140 valence electrons. The van der Waals surface area contributed by atoms with Crippen LogP contribution in [-0.2, 0) is 17.9 Å². The largest absolute Gasteiger partial charge is 0.379 e. The van der Waals surface area contributed by atoms with Crippen molar-refractivity contribution in [3.63, 3.8) is 0 Å². The third kappa shape index (κ3) is 4.28. The third-order valence-electron chi connectivity index (χ3n) is 4.65. The molecule has 26 heavy (non-hydrogen) atoms. The number of aromatic nitrogens is 1. The lowest BCUT2D eigenvalue weighted by Gasteiger charge is -2.40. The number of likely N-dealkylation sites (N-methyl/N-ethyl adjacent to an activating group) is 1. The molecular weight excluding hydrogens is 353 g/mol. The molecule has 1 unspecified atom stereocenters. The first-order valence-corrected chi connectivity index (χ1v) is 9.60. The lowest BCUT2D eigenvalue weighted by Crippen LogP contribution is -2.57. The average Bonchev–Trinajstić information content (AvgIpc) is 2.98. The Hall–Kier alpha value is -1.83. The quantitative estimate of drug-likeness (QED) is 0.841. The summed E-state index contributed by atoms with van der Waals surface area (Å²) >= 11 is 1.58. The van der Waals surface area contributed by atoms with E-state index in [9.17, 15) is 14.3 Å². The number of carbonyl (C=O) groups excluding carboxylic acids is 1. The highest BCUT2D eigenvalue weighted by Gasteiger charge is 2.43. The highest BCUT2D eigenvalue weighted by atomic mass is 32.1. The molecule has 1 atom stereocenters. The number of hydrogen-bond donors (Lipinski definition) is 1. The maximum atomic E-state index is 13.9. The molecule has 1 amide bonds. The third-order valence-corrected chi connectivity index (χ3v) is 5.48. The summed E-state index contributed by atoms with van der Waals surface area (Å²) in [5, 5.41) is 14.0. The number of amides is 1. The summed E-state index contributed by atoms with van der Waals surface area (Å²) in [6.45, 7) is 3.48. The molecule has 0 aliphatic carbocycles. The number of thiazole rings is 1. The highest BCUT2D eigenvalue weighted by molar-refractivity contribution is 7.09. The highest BCUT2D eigenvalue weighted by Crippen LogP contribution is 2.26. The topological polar surface area (TPSA) is 56.7 Å². The summed E-state index contributed by atoms with van der Waals surface area (Å²) in [5.41, 5.74) is -0.0370. The summed E-state index contributed by atoms with van der Waals surface area (Å²) in [5.74, 6) is -0.654. The first-order chi connectivity index (χ1) is 12.4. The second-order valence-electron chi connectivity index (χ2n) is 6.98. The predicted octanol–water partition coefficient (Wildman–Crippen LogP) is 2.58. The van der Waals surface area contributed by atoms with Gasteiger partial charge in [0.25, 0.3) is 5.91 Å². The van der Waals surface area contributed by atoms with E-state index >= 15 is 0 Å². The molecule has 1 aromatic carbocycles. The van der Waals surface area contributed by atoms with Gasteiger partial charge in [0.1, 0.15) is 5.82 Å². The fourth-order valence-electron chi connectivity index (χ4n) is 3.45. The Bertz CT molecular complexity index is 782. The lowest BCUT2D eigenvalue weighted by atomic mass is 9.90. The average molecular weight is 377 g/mol. The van der Waals surface area contributed by atoms with Gasteiger partial charge >= 0.3 is 0 Å². The van der Waals surface area contributed by atoms with Gasteiger partial charge in [0.2, 0.25) is 0 Å². The number of piperidine rings is 1. The molecule has 0 saturated carbocycles.